The molecule has 2 rings (SSSR count). The molecule has 1 atom stereocenters. The van der Waals surface area contributed by atoms with E-state index in [0.717, 1.165) is 5.56 Å². The van der Waals surface area contributed by atoms with Crippen molar-refractivity contribution in [3.63, 3.8) is 0 Å². The van der Waals surface area contributed by atoms with Crippen molar-refractivity contribution in [3.05, 3.63) is 67.4 Å². The van der Waals surface area contributed by atoms with Crippen molar-refractivity contribution in [2.45, 2.75) is 13.0 Å². The van der Waals surface area contributed by atoms with Crippen LogP contribution in [-0.4, -0.2) is 4.92 Å². The fraction of sp³-hybridized carbons (Fsp3) is 0.143. The van der Waals surface area contributed by atoms with E-state index in [0.29, 0.717) is 10.2 Å². The van der Waals surface area contributed by atoms with Crippen molar-refractivity contribution in [1.29, 1.82) is 0 Å². The molecule has 0 bridgehead atoms. The van der Waals surface area contributed by atoms with Gasteiger partial charge in [-0.25, -0.2) is 4.39 Å². The molecule has 110 valence electrons. The zero-order chi connectivity index (χ0) is 15.6. The van der Waals surface area contributed by atoms with Crippen LogP contribution in [0.5, 0.6) is 0 Å². The van der Waals surface area contributed by atoms with Crippen LogP contribution in [0.3, 0.4) is 0 Å². The predicted octanol–water partition coefficient (Wildman–Crippen LogP) is 5.32. The number of rotatable bonds is 4. The fourth-order valence-corrected chi connectivity index (χ4v) is 2.50. The molecule has 1 unspecified atom stereocenters. The van der Waals surface area contributed by atoms with Crippen LogP contribution in [0.15, 0.2) is 40.9 Å². The summed E-state index contributed by atoms with van der Waals surface area (Å²) in [6, 6.07) is 9.03. The van der Waals surface area contributed by atoms with E-state index in [1.54, 1.807) is 18.2 Å². The maximum Gasteiger partial charge on any atom is 0.283 e. The van der Waals surface area contributed by atoms with E-state index in [4.69, 9.17) is 11.6 Å². The molecule has 0 aromatic heterocycles. The second-order valence-corrected chi connectivity index (χ2v) is 5.72. The Bertz CT molecular complexity index is 697. The number of anilines is 1. The maximum absolute atomic E-state index is 13.4. The number of hydrogen-bond donors (Lipinski definition) is 1. The summed E-state index contributed by atoms with van der Waals surface area (Å²) in [6.45, 7) is 1.86. The Morgan fingerprint density at radius 3 is 2.62 bits per heavy atom. The van der Waals surface area contributed by atoms with E-state index < -0.39 is 10.7 Å². The molecule has 2 aromatic rings. The van der Waals surface area contributed by atoms with Crippen LogP contribution in [0, 0.1) is 15.9 Å². The minimum absolute atomic E-state index is 0.00857. The smallest absolute Gasteiger partial charge is 0.283 e. The number of halogens is 3. The summed E-state index contributed by atoms with van der Waals surface area (Å²) in [5, 5.41) is 14.0. The number of nitrogens with zero attached hydrogens (tertiary/aromatic N) is 1. The van der Waals surface area contributed by atoms with Gasteiger partial charge in [0, 0.05) is 17.8 Å². The number of hydrogen-bond acceptors (Lipinski definition) is 3. The van der Waals surface area contributed by atoms with E-state index in [2.05, 4.69) is 21.2 Å². The topological polar surface area (TPSA) is 55.2 Å². The van der Waals surface area contributed by atoms with Crippen LogP contribution in [0.1, 0.15) is 18.5 Å². The average molecular weight is 374 g/mol. The van der Waals surface area contributed by atoms with Gasteiger partial charge in [0.05, 0.1) is 14.4 Å². The third-order valence-electron chi connectivity index (χ3n) is 2.97. The molecule has 0 saturated heterocycles. The minimum Gasteiger partial charge on any atom is -0.378 e. The van der Waals surface area contributed by atoms with Crippen LogP contribution in [0.25, 0.3) is 0 Å². The SMILES string of the molecule is CC(Nc1ccc([N+](=O)[O-])c(Br)c1)c1ccc(Cl)c(F)c1. The van der Waals surface area contributed by atoms with Crippen LogP contribution >= 0.6 is 27.5 Å². The first-order chi connectivity index (χ1) is 9.88. The predicted molar refractivity (Wildman–Crippen MR) is 84.2 cm³/mol. The van der Waals surface area contributed by atoms with Gasteiger partial charge in [0.1, 0.15) is 5.82 Å². The Balaban J connectivity index is 2.19. The van der Waals surface area contributed by atoms with Gasteiger partial charge in [-0.1, -0.05) is 17.7 Å². The normalized spacial score (nSPS) is 12.0. The Morgan fingerprint density at radius 1 is 1.33 bits per heavy atom. The van der Waals surface area contributed by atoms with Gasteiger partial charge in [0.2, 0.25) is 0 Å². The minimum atomic E-state index is -0.479. The van der Waals surface area contributed by atoms with E-state index in [1.807, 2.05) is 6.92 Å². The van der Waals surface area contributed by atoms with Crippen LogP contribution in [-0.2, 0) is 0 Å². The second kappa shape index (κ2) is 6.41. The van der Waals surface area contributed by atoms with E-state index >= 15 is 0 Å². The fourth-order valence-electron chi connectivity index (χ4n) is 1.86. The van der Waals surface area contributed by atoms with Gasteiger partial charge in [-0.2, -0.15) is 0 Å². The van der Waals surface area contributed by atoms with Gasteiger partial charge in [0.15, 0.2) is 0 Å². The zero-order valence-electron chi connectivity index (χ0n) is 10.9. The molecule has 0 fully saturated rings. The largest absolute Gasteiger partial charge is 0.378 e. The van der Waals surface area contributed by atoms with Gasteiger partial charge >= 0.3 is 0 Å². The van der Waals surface area contributed by atoms with Crippen molar-refractivity contribution in [2.75, 3.05) is 5.32 Å². The lowest BCUT2D eigenvalue weighted by Crippen LogP contribution is -2.07. The molecule has 0 radical (unpaired) electrons. The maximum atomic E-state index is 13.4. The molecule has 2 aromatic carbocycles. The van der Waals surface area contributed by atoms with Gasteiger partial charge < -0.3 is 5.32 Å². The molecular formula is C14H11BrClFN2O2. The van der Waals surface area contributed by atoms with E-state index in [9.17, 15) is 14.5 Å². The van der Waals surface area contributed by atoms with Crippen LogP contribution in [0.2, 0.25) is 5.02 Å². The first-order valence-corrected chi connectivity index (χ1v) is 7.21. The summed E-state index contributed by atoms with van der Waals surface area (Å²) in [4.78, 5) is 10.3. The highest BCUT2D eigenvalue weighted by molar-refractivity contribution is 9.10. The van der Waals surface area contributed by atoms with Gasteiger partial charge in [-0.3, -0.25) is 10.1 Å². The molecule has 4 nitrogen and oxygen atoms in total. The molecule has 7 heteroatoms. The Kier molecular flexibility index (Phi) is 4.80. The van der Waals surface area contributed by atoms with Crippen molar-refractivity contribution < 1.29 is 9.31 Å². The summed E-state index contributed by atoms with van der Waals surface area (Å²) in [7, 11) is 0. The number of benzene rings is 2. The Morgan fingerprint density at radius 2 is 2.05 bits per heavy atom. The molecule has 0 heterocycles. The molecule has 1 N–H and O–H groups in total. The molecule has 0 aliphatic carbocycles. The summed E-state index contributed by atoms with van der Waals surface area (Å²) < 4.78 is 13.8. The monoisotopic (exact) mass is 372 g/mol. The van der Waals surface area contributed by atoms with Gasteiger partial charge in [0.25, 0.3) is 5.69 Å². The molecule has 0 aliphatic rings. The molecule has 0 amide bonds. The number of nitro benzene ring substituents is 1. The molecular weight excluding hydrogens is 363 g/mol. The lowest BCUT2D eigenvalue weighted by molar-refractivity contribution is -0.385. The van der Waals surface area contributed by atoms with Crippen LogP contribution in [0.4, 0.5) is 15.8 Å². The zero-order valence-corrected chi connectivity index (χ0v) is 13.3. The van der Waals surface area contributed by atoms with Crippen molar-refractivity contribution in [1.82, 2.24) is 0 Å². The Hall–Kier alpha value is -1.66. The third-order valence-corrected chi connectivity index (χ3v) is 3.91. The Labute approximate surface area is 134 Å². The average Bonchev–Trinajstić information content (AvgIpc) is 2.41. The second-order valence-electron chi connectivity index (χ2n) is 4.46. The first kappa shape index (κ1) is 15.7. The standard InChI is InChI=1S/C14H11BrClFN2O2/c1-8(9-2-4-12(16)13(17)6-9)18-10-3-5-14(19(20)21)11(15)7-10/h2-8,18H,1H3. The quantitative estimate of drug-likeness (QED) is 0.582. The number of nitrogens with one attached hydrogen (secondary N) is 1. The highest BCUT2D eigenvalue weighted by Crippen LogP contribution is 2.30. The third kappa shape index (κ3) is 3.71. The van der Waals surface area contributed by atoms with Crippen molar-refractivity contribution in [3.8, 4) is 0 Å². The van der Waals surface area contributed by atoms with Crippen molar-refractivity contribution in [2.24, 2.45) is 0 Å². The summed E-state index contributed by atoms with van der Waals surface area (Å²) in [5.41, 5.74) is 1.41. The lowest BCUT2D eigenvalue weighted by atomic mass is 10.1. The lowest BCUT2D eigenvalue weighted by Gasteiger charge is -2.16. The van der Waals surface area contributed by atoms with E-state index in [-0.39, 0.29) is 16.8 Å². The first-order valence-electron chi connectivity index (χ1n) is 6.04. The van der Waals surface area contributed by atoms with Crippen LogP contribution < -0.4 is 5.32 Å². The number of nitro groups is 1. The summed E-state index contributed by atoms with van der Waals surface area (Å²) >= 11 is 8.80. The van der Waals surface area contributed by atoms with E-state index in [1.165, 1.54) is 18.2 Å². The van der Waals surface area contributed by atoms with Gasteiger partial charge in [-0.05, 0) is 52.7 Å². The highest BCUT2D eigenvalue weighted by atomic mass is 79.9. The van der Waals surface area contributed by atoms with Crippen molar-refractivity contribution >= 4 is 38.9 Å². The molecule has 0 aliphatic heterocycles. The summed E-state index contributed by atoms with van der Waals surface area (Å²) in [6.07, 6.45) is 0. The molecule has 21 heavy (non-hydrogen) atoms. The molecule has 0 spiro atoms. The molecule has 0 saturated carbocycles. The van der Waals surface area contributed by atoms with Gasteiger partial charge in [-0.15, -0.1) is 0 Å². The summed E-state index contributed by atoms with van der Waals surface area (Å²) in [5.74, 6) is -0.479. The highest BCUT2D eigenvalue weighted by Gasteiger charge is 2.13.